The number of amides is 1. The Hall–Kier alpha value is -3.57. The Morgan fingerprint density at radius 1 is 1.08 bits per heavy atom. The highest BCUT2D eigenvalue weighted by Gasteiger charge is 2.38. The molecule has 2 aromatic carbocycles. The van der Waals surface area contributed by atoms with Gasteiger partial charge in [0.25, 0.3) is 5.91 Å². The van der Waals surface area contributed by atoms with E-state index >= 15 is 0 Å². The van der Waals surface area contributed by atoms with Gasteiger partial charge in [-0.25, -0.2) is 0 Å². The first-order valence-electron chi connectivity index (χ1n) is 12.3. The molecule has 38 heavy (non-hydrogen) atoms. The molecule has 1 aliphatic rings. The zero-order chi connectivity index (χ0) is 26.5. The van der Waals surface area contributed by atoms with Gasteiger partial charge in [-0.3, -0.25) is 9.78 Å². The second-order valence-electron chi connectivity index (χ2n) is 9.18. The van der Waals surface area contributed by atoms with E-state index in [9.17, 15) is 9.90 Å². The van der Waals surface area contributed by atoms with Gasteiger partial charge in [-0.1, -0.05) is 55.1 Å². The number of aryl methyl sites for hydroxylation is 1. The normalized spacial score (nSPS) is 21.2. The smallest absolute Gasteiger partial charge is 0.257 e. The van der Waals surface area contributed by atoms with Crippen molar-refractivity contribution in [2.24, 2.45) is 13.0 Å². The summed E-state index contributed by atoms with van der Waals surface area (Å²) in [6.07, 6.45) is 3.91. The molecule has 2 aromatic heterocycles. The highest BCUT2D eigenvalue weighted by Crippen LogP contribution is 2.43. The minimum Gasteiger partial charge on any atom is -0.392 e. The molecule has 1 saturated heterocycles. The van der Waals surface area contributed by atoms with E-state index in [0.717, 1.165) is 21.8 Å². The van der Waals surface area contributed by atoms with Crippen LogP contribution in [0.1, 0.15) is 46.4 Å². The summed E-state index contributed by atoms with van der Waals surface area (Å²) in [6, 6.07) is 18.7. The van der Waals surface area contributed by atoms with E-state index in [4.69, 9.17) is 9.47 Å². The SMILES string of the molecule is C[C@@H]1[C@H](CSc2nncn2C)O[C@H](c2ccc(NC(=O)c3cccnc3)cc2)O[C@@H]1c1ccc(CO)cc1. The van der Waals surface area contributed by atoms with Crippen LogP contribution in [0.2, 0.25) is 0 Å². The highest BCUT2D eigenvalue weighted by molar-refractivity contribution is 7.99. The molecule has 0 spiro atoms. The third-order valence-electron chi connectivity index (χ3n) is 6.53. The summed E-state index contributed by atoms with van der Waals surface area (Å²) in [5, 5.41) is 21.3. The largest absolute Gasteiger partial charge is 0.392 e. The van der Waals surface area contributed by atoms with Crippen LogP contribution in [0.5, 0.6) is 0 Å². The summed E-state index contributed by atoms with van der Waals surface area (Å²) in [5.41, 5.74) is 3.88. The summed E-state index contributed by atoms with van der Waals surface area (Å²) >= 11 is 1.59. The molecule has 0 bridgehead atoms. The van der Waals surface area contributed by atoms with Crippen molar-refractivity contribution in [2.75, 3.05) is 11.1 Å². The fourth-order valence-corrected chi connectivity index (χ4v) is 5.34. The zero-order valence-electron chi connectivity index (χ0n) is 21.1. The predicted octanol–water partition coefficient (Wildman–Crippen LogP) is 4.54. The van der Waals surface area contributed by atoms with Gasteiger partial charge in [0, 0.05) is 42.4 Å². The molecule has 1 amide bonds. The molecule has 0 aliphatic carbocycles. The molecule has 1 aliphatic heterocycles. The van der Waals surface area contributed by atoms with Gasteiger partial charge in [-0.05, 0) is 35.4 Å². The number of anilines is 1. The van der Waals surface area contributed by atoms with Gasteiger partial charge >= 0.3 is 0 Å². The molecular formula is C28H29N5O4S. The molecule has 4 aromatic rings. The second-order valence-corrected chi connectivity index (χ2v) is 10.2. The number of benzene rings is 2. The first kappa shape index (κ1) is 26.1. The lowest BCUT2D eigenvalue weighted by Crippen LogP contribution is -2.38. The van der Waals surface area contributed by atoms with Crippen LogP contribution in [0.4, 0.5) is 5.69 Å². The summed E-state index contributed by atoms with van der Waals surface area (Å²) in [4.78, 5) is 16.5. The summed E-state index contributed by atoms with van der Waals surface area (Å²) in [7, 11) is 1.92. The second kappa shape index (κ2) is 11.9. The monoisotopic (exact) mass is 531 g/mol. The number of aromatic nitrogens is 4. The van der Waals surface area contributed by atoms with Crippen LogP contribution in [-0.4, -0.2) is 42.6 Å². The number of nitrogens with one attached hydrogen (secondary N) is 1. The lowest BCUT2D eigenvalue weighted by atomic mass is 9.91. The van der Waals surface area contributed by atoms with E-state index in [0.29, 0.717) is 17.0 Å². The average Bonchev–Trinajstić information content (AvgIpc) is 3.38. The number of carbonyl (C=O) groups excluding carboxylic acids is 1. The van der Waals surface area contributed by atoms with E-state index in [1.807, 2.05) is 60.1 Å². The van der Waals surface area contributed by atoms with Crippen molar-refractivity contribution >= 4 is 23.4 Å². The number of aliphatic hydroxyl groups excluding tert-OH is 1. The van der Waals surface area contributed by atoms with Crippen LogP contribution in [-0.2, 0) is 23.1 Å². The van der Waals surface area contributed by atoms with Crippen molar-refractivity contribution in [2.45, 2.75) is 37.2 Å². The standard InChI is InChI=1S/C28H29N5O4S/c1-18-24(16-38-28-32-30-17-33(28)2)36-27(37-25(18)20-7-5-19(15-34)6-8-20)21-9-11-23(12-10-21)31-26(35)22-4-3-13-29-14-22/h3-14,17-18,24-25,27,34H,15-16H2,1-2H3,(H,31,35)/t18-,24+,25+,27+/m1/s1. The Morgan fingerprint density at radius 2 is 1.84 bits per heavy atom. The molecule has 5 rings (SSSR count). The summed E-state index contributed by atoms with van der Waals surface area (Å²) in [6.45, 7) is 2.12. The van der Waals surface area contributed by atoms with Crippen molar-refractivity contribution < 1.29 is 19.4 Å². The number of thioether (sulfide) groups is 1. The van der Waals surface area contributed by atoms with Crippen LogP contribution >= 0.6 is 11.8 Å². The van der Waals surface area contributed by atoms with E-state index in [-0.39, 0.29) is 30.6 Å². The molecule has 10 heteroatoms. The molecular weight excluding hydrogens is 502 g/mol. The first-order valence-corrected chi connectivity index (χ1v) is 13.3. The predicted molar refractivity (Wildman–Crippen MR) is 143 cm³/mol. The van der Waals surface area contributed by atoms with E-state index in [1.165, 1.54) is 6.20 Å². The van der Waals surface area contributed by atoms with Crippen molar-refractivity contribution in [1.82, 2.24) is 19.7 Å². The average molecular weight is 532 g/mol. The Balaban J connectivity index is 1.34. The first-order chi connectivity index (χ1) is 18.5. The minimum atomic E-state index is -0.595. The highest BCUT2D eigenvalue weighted by atomic mass is 32.2. The topological polar surface area (TPSA) is 111 Å². The number of hydrogen-bond donors (Lipinski definition) is 2. The van der Waals surface area contributed by atoms with Gasteiger partial charge in [0.15, 0.2) is 11.4 Å². The fourth-order valence-electron chi connectivity index (χ4n) is 4.29. The van der Waals surface area contributed by atoms with E-state index in [2.05, 4.69) is 27.4 Å². The van der Waals surface area contributed by atoms with Crippen molar-refractivity contribution in [3.05, 3.63) is 102 Å². The van der Waals surface area contributed by atoms with Crippen LogP contribution in [0.25, 0.3) is 0 Å². The lowest BCUT2D eigenvalue weighted by molar-refractivity contribution is -0.268. The van der Waals surface area contributed by atoms with Crippen LogP contribution in [0, 0.1) is 5.92 Å². The summed E-state index contributed by atoms with van der Waals surface area (Å²) in [5.74, 6) is 0.514. The van der Waals surface area contributed by atoms with Crippen LogP contribution in [0.15, 0.2) is 84.5 Å². The molecule has 0 saturated carbocycles. The minimum absolute atomic E-state index is 0.00622. The third-order valence-corrected chi connectivity index (χ3v) is 7.66. The Kier molecular flexibility index (Phi) is 8.14. The van der Waals surface area contributed by atoms with Gasteiger partial charge in [0.1, 0.15) is 6.33 Å². The zero-order valence-corrected chi connectivity index (χ0v) is 21.9. The fraction of sp³-hybridized carbons (Fsp3) is 0.286. The van der Waals surface area contributed by atoms with Gasteiger partial charge < -0.3 is 24.5 Å². The van der Waals surface area contributed by atoms with Crippen molar-refractivity contribution in [1.29, 1.82) is 0 Å². The number of nitrogens with zero attached hydrogens (tertiary/aromatic N) is 4. The molecule has 2 N–H and O–H groups in total. The lowest BCUT2D eigenvalue weighted by Gasteiger charge is -2.41. The maximum atomic E-state index is 12.5. The molecule has 4 atom stereocenters. The molecule has 3 heterocycles. The quantitative estimate of drug-likeness (QED) is 0.319. The van der Waals surface area contributed by atoms with Gasteiger partial charge in [0.2, 0.25) is 0 Å². The van der Waals surface area contributed by atoms with E-state index < -0.39 is 6.29 Å². The maximum absolute atomic E-state index is 12.5. The van der Waals surface area contributed by atoms with Crippen LogP contribution < -0.4 is 5.32 Å². The molecule has 1 fully saturated rings. The maximum Gasteiger partial charge on any atom is 0.257 e. The Morgan fingerprint density at radius 3 is 2.50 bits per heavy atom. The van der Waals surface area contributed by atoms with Gasteiger partial charge in [-0.2, -0.15) is 0 Å². The van der Waals surface area contributed by atoms with Crippen molar-refractivity contribution in [3.63, 3.8) is 0 Å². The third kappa shape index (κ3) is 5.94. The Labute approximate surface area is 225 Å². The van der Waals surface area contributed by atoms with Crippen molar-refractivity contribution in [3.8, 4) is 0 Å². The molecule has 9 nitrogen and oxygen atoms in total. The van der Waals surface area contributed by atoms with Gasteiger partial charge in [0.05, 0.1) is 24.4 Å². The van der Waals surface area contributed by atoms with Gasteiger partial charge in [-0.15, -0.1) is 10.2 Å². The number of hydrogen-bond acceptors (Lipinski definition) is 8. The molecule has 0 unspecified atom stereocenters. The Bertz CT molecular complexity index is 1350. The number of rotatable bonds is 8. The van der Waals surface area contributed by atoms with Crippen LogP contribution in [0.3, 0.4) is 0 Å². The number of pyridine rings is 1. The molecule has 0 radical (unpaired) electrons. The number of ether oxygens (including phenoxy) is 2. The number of carbonyl (C=O) groups is 1. The number of aliphatic hydroxyl groups is 1. The van der Waals surface area contributed by atoms with E-state index in [1.54, 1.807) is 36.4 Å². The summed E-state index contributed by atoms with van der Waals surface area (Å²) < 4.78 is 14.9. The molecule has 196 valence electrons.